The molecule has 1 aromatic heterocycles. The molecule has 7 heteroatoms. The van der Waals surface area contributed by atoms with Crippen LogP contribution in [0.4, 0.5) is 0 Å². The Balaban J connectivity index is 2.33. The molecule has 0 atom stereocenters. The Labute approximate surface area is 125 Å². The molecular formula is C15H13NO6. The minimum Gasteiger partial charge on any atom is -0.480 e. The van der Waals surface area contributed by atoms with Crippen molar-refractivity contribution in [2.45, 2.75) is 6.42 Å². The van der Waals surface area contributed by atoms with Gasteiger partial charge in [0.15, 0.2) is 0 Å². The van der Waals surface area contributed by atoms with E-state index >= 15 is 0 Å². The summed E-state index contributed by atoms with van der Waals surface area (Å²) in [5.41, 5.74) is -1.79. The van der Waals surface area contributed by atoms with E-state index in [0.717, 1.165) is 5.69 Å². The monoisotopic (exact) mass is 303 g/mol. The minimum atomic E-state index is -2.89. The topological polar surface area (TPSA) is 117 Å². The van der Waals surface area contributed by atoms with Crippen LogP contribution in [0.15, 0.2) is 48.8 Å². The van der Waals surface area contributed by atoms with E-state index in [-0.39, 0.29) is 0 Å². The summed E-state index contributed by atoms with van der Waals surface area (Å²) >= 11 is 0. The van der Waals surface area contributed by atoms with Gasteiger partial charge < -0.3 is 19.9 Å². The fourth-order valence-electron chi connectivity index (χ4n) is 2.10. The van der Waals surface area contributed by atoms with Crippen LogP contribution in [-0.4, -0.2) is 37.8 Å². The molecule has 0 spiro atoms. The number of nitrogens with zero attached hydrogens (tertiary/aromatic N) is 1. The molecule has 0 saturated carbocycles. The molecule has 0 bridgehead atoms. The van der Waals surface area contributed by atoms with Gasteiger partial charge in [0.2, 0.25) is 0 Å². The molecule has 7 nitrogen and oxygen atoms in total. The van der Waals surface area contributed by atoms with Crippen molar-refractivity contribution in [1.82, 2.24) is 4.57 Å². The Morgan fingerprint density at radius 1 is 0.864 bits per heavy atom. The van der Waals surface area contributed by atoms with Gasteiger partial charge in [0.05, 0.1) is 0 Å². The Morgan fingerprint density at radius 2 is 1.32 bits per heavy atom. The van der Waals surface area contributed by atoms with Gasteiger partial charge in [-0.2, -0.15) is 0 Å². The molecule has 0 aliphatic heterocycles. The van der Waals surface area contributed by atoms with Crippen molar-refractivity contribution in [2.75, 3.05) is 0 Å². The van der Waals surface area contributed by atoms with Crippen LogP contribution >= 0.6 is 0 Å². The number of carboxylic acids is 3. The second kappa shape index (κ2) is 5.72. The summed E-state index contributed by atoms with van der Waals surface area (Å²) in [6.07, 6.45) is 2.98. The maximum atomic E-state index is 11.2. The van der Waals surface area contributed by atoms with Crippen molar-refractivity contribution in [3.63, 3.8) is 0 Å². The van der Waals surface area contributed by atoms with Crippen LogP contribution in [0.2, 0.25) is 0 Å². The van der Waals surface area contributed by atoms with Crippen molar-refractivity contribution >= 4 is 17.9 Å². The Bertz CT molecular complexity index is 666. The lowest BCUT2D eigenvalue weighted by Gasteiger charge is -2.20. The lowest BCUT2D eigenvalue weighted by atomic mass is 9.81. The number of carboxylic acid groups (broad SMARTS) is 3. The maximum Gasteiger partial charge on any atom is 0.333 e. The lowest BCUT2D eigenvalue weighted by Crippen LogP contribution is -2.48. The second-order valence-electron chi connectivity index (χ2n) is 4.75. The molecule has 2 rings (SSSR count). The fraction of sp³-hybridized carbons (Fsp3) is 0.133. The number of aliphatic carboxylic acids is 3. The highest BCUT2D eigenvalue weighted by Gasteiger charge is 2.54. The maximum absolute atomic E-state index is 11.2. The summed E-state index contributed by atoms with van der Waals surface area (Å²) in [4.78, 5) is 33.6. The van der Waals surface area contributed by atoms with Crippen LogP contribution in [0, 0.1) is 5.41 Å². The van der Waals surface area contributed by atoms with Gasteiger partial charge in [-0.3, -0.25) is 14.4 Å². The van der Waals surface area contributed by atoms with E-state index in [9.17, 15) is 14.4 Å². The molecule has 3 N–H and O–H groups in total. The molecular weight excluding hydrogens is 290 g/mol. The third kappa shape index (κ3) is 2.56. The van der Waals surface area contributed by atoms with Crippen LogP contribution in [0.1, 0.15) is 5.56 Å². The van der Waals surface area contributed by atoms with Crippen molar-refractivity contribution in [3.8, 4) is 5.69 Å². The van der Waals surface area contributed by atoms with Gasteiger partial charge in [-0.05, 0) is 29.8 Å². The number of aromatic nitrogens is 1. The van der Waals surface area contributed by atoms with E-state index in [4.69, 9.17) is 15.3 Å². The van der Waals surface area contributed by atoms with Gasteiger partial charge in [0.25, 0.3) is 5.41 Å². The Morgan fingerprint density at radius 3 is 1.73 bits per heavy atom. The molecule has 0 radical (unpaired) electrons. The van der Waals surface area contributed by atoms with E-state index in [2.05, 4.69) is 0 Å². The first kappa shape index (κ1) is 15.3. The summed E-state index contributed by atoms with van der Waals surface area (Å²) in [6, 6.07) is 10.0. The van der Waals surface area contributed by atoms with Gasteiger partial charge in [-0.25, -0.2) is 0 Å². The average molecular weight is 303 g/mol. The smallest absolute Gasteiger partial charge is 0.333 e. The summed E-state index contributed by atoms with van der Waals surface area (Å²) < 4.78 is 1.81. The number of hydrogen-bond acceptors (Lipinski definition) is 3. The summed E-state index contributed by atoms with van der Waals surface area (Å²) in [7, 11) is 0. The third-order valence-electron chi connectivity index (χ3n) is 3.40. The predicted octanol–water partition coefficient (Wildman–Crippen LogP) is 1.26. The number of benzene rings is 1. The molecule has 0 unspecified atom stereocenters. The first-order valence-corrected chi connectivity index (χ1v) is 6.30. The van der Waals surface area contributed by atoms with Crippen molar-refractivity contribution in [3.05, 3.63) is 54.4 Å². The molecule has 2 aromatic rings. The first-order valence-electron chi connectivity index (χ1n) is 6.30. The lowest BCUT2D eigenvalue weighted by molar-refractivity contribution is -0.175. The average Bonchev–Trinajstić information content (AvgIpc) is 2.98. The first-order chi connectivity index (χ1) is 10.4. The predicted molar refractivity (Wildman–Crippen MR) is 74.8 cm³/mol. The van der Waals surface area contributed by atoms with Crippen LogP contribution in [0.25, 0.3) is 5.69 Å². The van der Waals surface area contributed by atoms with Crippen molar-refractivity contribution in [2.24, 2.45) is 5.41 Å². The Hall–Kier alpha value is -3.09. The fourth-order valence-corrected chi connectivity index (χ4v) is 2.10. The van der Waals surface area contributed by atoms with Crippen LogP contribution in [0.3, 0.4) is 0 Å². The molecule has 0 aliphatic carbocycles. The molecule has 1 heterocycles. The zero-order chi connectivity index (χ0) is 16.3. The molecule has 0 amide bonds. The molecule has 0 fully saturated rings. The largest absolute Gasteiger partial charge is 0.480 e. The van der Waals surface area contributed by atoms with Crippen LogP contribution < -0.4 is 0 Å². The van der Waals surface area contributed by atoms with Gasteiger partial charge in [-0.15, -0.1) is 0 Å². The van der Waals surface area contributed by atoms with Crippen molar-refractivity contribution < 1.29 is 29.7 Å². The molecule has 22 heavy (non-hydrogen) atoms. The quantitative estimate of drug-likeness (QED) is 0.692. The second-order valence-corrected chi connectivity index (χ2v) is 4.75. The minimum absolute atomic E-state index is 0.308. The van der Waals surface area contributed by atoms with E-state index < -0.39 is 29.7 Å². The summed E-state index contributed by atoms with van der Waals surface area (Å²) in [5.74, 6) is -5.70. The standard InChI is InChI=1S/C15H13NO6/c17-12(18)15(13(19)20,14(21)22)9-10-3-5-11(6-4-10)16-7-1-2-8-16/h1-8H,9H2,(H,17,18)(H,19,20)(H,21,22). The molecule has 114 valence electrons. The molecule has 1 aromatic carbocycles. The van der Waals surface area contributed by atoms with Crippen molar-refractivity contribution in [1.29, 1.82) is 0 Å². The van der Waals surface area contributed by atoms with Gasteiger partial charge in [0.1, 0.15) is 0 Å². The van der Waals surface area contributed by atoms with Gasteiger partial charge in [0, 0.05) is 24.5 Å². The van der Waals surface area contributed by atoms with Crippen LogP contribution in [-0.2, 0) is 20.8 Å². The highest BCUT2D eigenvalue weighted by Crippen LogP contribution is 2.25. The zero-order valence-corrected chi connectivity index (χ0v) is 11.3. The number of rotatable bonds is 6. The summed E-state index contributed by atoms with van der Waals surface area (Å²) in [6.45, 7) is 0. The normalized spacial score (nSPS) is 11.1. The highest BCUT2D eigenvalue weighted by atomic mass is 16.4. The van der Waals surface area contributed by atoms with E-state index in [1.54, 1.807) is 12.1 Å². The number of hydrogen-bond donors (Lipinski definition) is 3. The van der Waals surface area contributed by atoms with Gasteiger partial charge in [-0.1, -0.05) is 12.1 Å². The SMILES string of the molecule is O=C(O)C(Cc1ccc(-n2cccc2)cc1)(C(=O)O)C(=O)O. The van der Waals surface area contributed by atoms with E-state index in [1.165, 1.54) is 12.1 Å². The third-order valence-corrected chi connectivity index (χ3v) is 3.40. The number of carbonyl (C=O) groups is 3. The van der Waals surface area contributed by atoms with E-state index in [1.807, 2.05) is 29.1 Å². The zero-order valence-electron chi connectivity index (χ0n) is 11.3. The highest BCUT2D eigenvalue weighted by molar-refractivity contribution is 6.16. The molecule has 0 aliphatic rings. The summed E-state index contributed by atoms with van der Waals surface area (Å²) in [5, 5.41) is 27.2. The van der Waals surface area contributed by atoms with Crippen LogP contribution in [0.5, 0.6) is 0 Å². The Kier molecular flexibility index (Phi) is 3.98. The van der Waals surface area contributed by atoms with E-state index in [0.29, 0.717) is 5.56 Å². The van der Waals surface area contributed by atoms with Gasteiger partial charge >= 0.3 is 17.9 Å². The molecule has 0 saturated heterocycles.